The number of H-pyrrole nitrogens is 1. The number of halogens is 4. The van der Waals surface area contributed by atoms with Gasteiger partial charge in [-0.3, -0.25) is 0 Å². The molecule has 3 aromatic carbocycles. The van der Waals surface area contributed by atoms with Crippen molar-refractivity contribution in [3.8, 4) is 28.3 Å². The summed E-state index contributed by atoms with van der Waals surface area (Å²) < 4.78 is 56.4. The fourth-order valence-electron chi connectivity index (χ4n) is 4.69. The Morgan fingerprint density at radius 3 is 2.47 bits per heavy atom. The van der Waals surface area contributed by atoms with Crippen LogP contribution in [-0.4, -0.2) is 52.7 Å². The van der Waals surface area contributed by atoms with Crippen LogP contribution < -0.4 is 4.74 Å². The molecule has 4 atom stereocenters. The van der Waals surface area contributed by atoms with Gasteiger partial charge in [-0.2, -0.15) is 18.2 Å². The largest absolute Gasteiger partial charge is 0.456 e. The molecule has 0 amide bonds. The predicted octanol–water partition coefficient (Wildman–Crippen LogP) is 5.48. The molecule has 36 heavy (non-hydrogen) atoms. The number of hydrogen-bond acceptors (Lipinski definition) is 5. The maximum absolute atomic E-state index is 13.1. The Kier molecular flexibility index (Phi) is 5.68. The zero-order valence-electron chi connectivity index (χ0n) is 18.6. The Morgan fingerprint density at radius 1 is 0.944 bits per heavy atom. The number of benzene rings is 3. The molecule has 0 spiro atoms. The summed E-state index contributed by atoms with van der Waals surface area (Å²) in [5.41, 5.74) is 3.28. The van der Waals surface area contributed by atoms with Crippen molar-refractivity contribution in [1.29, 1.82) is 0 Å². The van der Waals surface area contributed by atoms with E-state index in [4.69, 9.17) is 25.8 Å². The highest BCUT2D eigenvalue weighted by atomic mass is 35.5. The van der Waals surface area contributed by atoms with E-state index in [1.54, 1.807) is 24.3 Å². The Morgan fingerprint density at radius 2 is 1.69 bits per heavy atom. The van der Waals surface area contributed by atoms with Crippen LogP contribution >= 0.6 is 11.6 Å². The molecule has 3 heterocycles. The van der Waals surface area contributed by atoms with Gasteiger partial charge in [0.1, 0.15) is 18.3 Å². The molecule has 1 aromatic heterocycles. The predicted molar refractivity (Wildman–Crippen MR) is 127 cm³/mol. The van der Waals surface area contributed by atoms with E-state index >= 15 is 0 Å². The number of nitrogens with one attached hydrogen (secondary N) is 1. The van der Waals surface area contributed by atoms with Gasteiger partial charge in [-0.05, 0) is 41.0 Å². The van der Waals surface area contributed by atoms with Gasteiger partial charge in [0.2, 0.25) is 0 Å². The first-order valence-corrected chi connectivity index (χ1v) is 11.7. The van der Waals surface area contributed by atoms with Crippen LogP contribution in [0, 0.1) is 0 Å². The fraction of sp³-hybridized carbons (Fsp3) is 0.269. The number of hydrogen-bond donors (Lipinski definition) is 2. The van der Waals surface area contributed by atoms with Gasteiger partial charge in [-0.15, -0.1) is 0 Å². The summed E-state index contributed by atoms with van der Waals surface area (Å²) >= 11 is 6.55. The monoisotopic (exact) mass is 516 g/mol. The number of fused-ring (bicyclic) bond motifs is 2. The summed E-state index contributed by atoms with van der Waals surface area (Å²) in [6, 6.07) is 16.2. The van der Waals surface area contributed by atoms with Gasteiger partial charge in [0, 0.05) is 5.56 Å². The highest BCUT2D eigenvalue weighted by molar-refractivity contribution is 6.34. The van der Waals surface area contributed by atoms with Crippen LogP contribution in [0.15, 0.2) is 60.7 Å². The molecule has 2 fully saturated rings. The third kappa shape index (κ3) is 4.22. The summed E-state index contributed by atoms with van der Waals surface area (Å²) in [7, 11) is 0. The van der Waals surface area contributed by atoms with Crippen LogP contribution in [0.5, 0.6) is 6.01 Å². The number of aliphatic hydroxyl groups excluding tert-OH is 1. The Labute approximate surface area is 208 Å². The lowest BCUT2D eigenvalue weighted by Gasteiger charge is -2.15. The van der Waals surface area contributed by atoms with Gasteiger partial charge in [0.25, 0.3) is 6.01 Å². The number of aliphatic hydroxyl groups is 1. The molecule has 6 rings (SSSR count). The Hall–Kier alpha value is -3.11. The molecule has 2 aliphatic heterocycles. The first-order valence-electron chi connectivity index (χ1n) is 11.3. The molecule has 0 aliphatic carbocycles. The van der Waals surface area contributed by atoms with Gasteiger partial charge in [-0.25, -0.2) is 0 Å². The number of nitrogens with zero attached hydrogens (tertiary/aromatic N) is 1. The van der Waals surface area contributed by atoms with E-state index in [-0.39, 0.29) is 25.3 Å². The van der Waals surface area contributed by atoms with Crippen LogP contribution in [0.25, 0.3) is 33.3 Å². The third-order valence-corrected chi connectivity index (χ3v) is 6.83. The average molecular weight is 517 g/mol. The molecule has 2 N–H and O–H groups in total. The standard InChI is InChI=1S/C26H20ClF3N2O4/c27-18-10-20-19(31-25(32-20)36-22-12-35-23-21(33)11-34-24(22)23)9-17(18)14-6-4-13(5-7-14)15-2-1-3-16(8-15)26(28,29)30/h1-10,21-24,33H,11-12H2,(H,31,32)/t21?,22-,23-,24-/m1/s1. The lowest BCUT2D eigenvalue weighted by Crippen LogP contribution is -2.34. The molecule has 10 heteroatoms. The molecule has 4 aromatic rings. The molecular weight excluding hydrogens is 497 g/mol. The molecule has 2 aliphatic rings. The van der Waals surface area contributed by atoms with Gasteiger partial charge >= 0.3 is 6.18 Å². The van der Waals surface area contributed by atoms with Crippen LogP contribution in [-0.2, 0) is 15.7 Å². The third-order valence-electron chi connectivity index (χ3n) is 6.51. The highest BCUT2D eigenvalue weighted by Crippen LogP contribution is 2.36. The maximum atomic E-state index is 13.1. The fourth-order valence-corrected chi connectivity index (χ4v) is 4.96. The topological polar surface area (TPSA) is 76.6 Å². The summed E-state index contributed by atoms with van der Waals surface area (Å²) in [6.45, 7) is 0.495. The van der Waals surface area contributed by atoms with Crippen LogP contribution in [0.1, 0.15) is 5.56 Å². The average Bonchev–Trinajstić information content (AvgIpc) is 3.55. The van der Waals surface area contributed by atoms with Crippen molar-refractivity contribution in [3.05, 3.63) is 71.2 Å². The second-order valence-corrected chi connectivity index (χ2v) is 9.27. The molecule has 6 nitrogen and oxygen atoms in total. The van der Waals surface area contributed by atoms with Crippen molar-refractivity contribution >= 4 is 22.6 Å². The quantitative estimate of drug-likeness (QED) is 0.376. The van der Waals surface area contributed by atoms with E-state index in [9.17, 15) is 18.3 Å². The number of alkyl halides is 3. The second kappa shape index (κ2) is 8.77. The summed E-state index contributed by atoms with van der Waals surface area (Å²) in [6.07, 6.45) is -6.23. The van der Waals surface area contributed by atoms with Crippen molar-refractivity contribution < 1.29 is 32.5 Å². The number of imidazole rings is 1. The van der Waals surface area contributed by atoms with Crippen molar-refractivity contribution in [1.82, 2.24) is 9.97 Å². The first-order chi connectivity index (χ1) is 17.3. The molecular formula is C26H20ClF3N2O4. The normalized spacial score (nSPS) is 23.8. The molecule has 2 saturated heterocycles. The van der Waals surface area contributed by atoms with E-state index in [0.717, 1.165) is 23.3 Å². The highest BCUT2D eigenvalue weighted by Gasteiger charge is 2.48. The van der Waals surface area contributed by atoms with Gasteiger partial charge in [0.15, 0.2) is 6.10 Å². The van der Waals surface area contributed by atoms with Crippen molar-refractivity contribution in [2.45, 2.75) is 30.6 Å². The van der Waals surface area contributed by atoms with E-state index in [2.05, 4.69) is 9.97 Å². The van der Waals surface area contributed by atoms with Gasteiger partial charge < -0.3 is 24.3 Å². The number of rotatable bonds is 4. The van der Waals surface area contributed by atoms with Gasteiger partial charge in [0.05, 0.1) is 34.8 Å². The number of aromatic amines is 1. The molecule has 0 radical (unpaired) electrons. The molecule has 0 saturated carbocycles. The summed E-state index contributed by atoms with van der Waals surface area (Å²) in [4.78, 5) is 7.62. The van der Waals surface area contributed by atoms with Crippen molar-refractivity contribution in [2.24, 2.45) is 0 Å². The van der Waals surface area contributed by atoms with Crippen LogP contribution in [0.4, 0.5) is 13.2 Å². The lowest BCUT2D eigenvalue weighted by atomic mass is 9.99. The SMILES string of the molecule is OC1CO[C@H]2[C@@H]1OC[C@H]2Oc1nc2cc(-c3ccc(-c4cccc(C(F)(F)F)c4)cc3)c(Cl)cc2[nH]1. The zero-order valence-corrected chi connectivity index (χ0v) is 19.4. The zero-order chi connectivity index (χ0) is 25.0. The lowest BCUT2D eigenvalue weighted by molar-refractivity contribution is -0.137. The minimum absolute atomic E-state index is 0.209. The Balaban J connectivity index is 1.25. The minimum atomic E-state index is -4.40. The van der Waals surface area contributed by atoms with E-state index in [0.29, 0.717) is 27.2 Å². The summed E-state index contributed by atoms with van der Waals surface area (Å²) in [5, 5.41) is 10.4. The first kappa shape index (κ1) is 23.3. The summed E-state index contributed by atoms with van der Waals surface area (Å²) in [5.74, 6) is 0. The van der Waals surface area contributed by atoms with E-state index < -0.39 is 30.1 Å². The second-order valence-electron chi connectivity index (χ2n) is 8.87. The maximum Gasteiger partial charge on any atom is 0.416 e. The molecule has 186 valence electrons. The number of ether oxygens (including phenoxy) is 3. The van der Waals surface area contributed by atoms with Crippen LogP contribution in [0.2, 0.25) is 5.02 Å². The molecule has 0 bridgehead atoms. The van der Waals surface area contributed by atoms with Gasteiger partial charge in [-0.1, -0.05) is 48.0 Å². The minimum Gasteiger partial charge on any atom is -0.456 e. The smallest absolute Gasteiger partial charge is 0.416 e. The van der Waals surface area contributed by atoms with Crippen LogP contribution in [0.3, 0.4) is 0 Å². The van der Waals surface area contributed by atoms with Crippen molar-refractivity contribution in [3.63, 3.8) is 0 Å². The molecule has 1 unspecified atom stereocenters. The van der Waals surface area contributed by atoms with Crippen molar-refractivity contribution in [2.75, 3.05) is 13.2 Å². The Bertz CT molecular complexity index is 1420. The number of aromatic nitrogens is 2. The van der Waals surface area contributed by atoms with E-state index in [1.165, 1.54) is 6.07 Å². The van der Waals surface area contributed by atoms with E-state index in [1.807, 2.05) is 18.2 Å².